The van der Waals surface area contributed by atoms with Gasteiger partial charge in [-0.2, -0.15) is 0 Å². The molecule has 2 nitrogen and oxygen atoms in total. The highest BCUT2D eigenvalue weighted by Crippen LogP contribution is 2.19. The summed E-state index contributed by atoms with van der Waals surface area (Å²) in [5.41, 5.74) is 2.53. The first-order chi connectivity index (χ1) is 9.25. The van der Waals surface area contributed by atoms with Crippen molar-refractivity contribution >= 4 is 0 Å². The summed E-state index contributed by atoms with van der Waals surface area (Å²) in [6.07, 6.45) is 8.03. The molecule has 0 spiro atoms. The predicted molar refractivity (Wildman–Crippen MR) is 80.9 cm³/mol. The third kappa shape index (κ3) is 4.87. The van der Waals surface area contributed by atoms with Crippen LogP contribution in [0.1, 0.15) is 49.7 Å². The topological polar surface area (TPSA) is 21.3 Å². The molecule has 1 N–H and O–H groups in total. The van der Waals surface area contributed by atoms with Crippen molar-refractivity contribution in [2.75, 3.05) is 13.2 Å². The Hall–Kier alpha value is -1.02. The number of hydrogen-bond acceptors (Lipinski definition) is 2. The SMILES string of the molecule is Cc1ccc(OCCCNC2CCCCC2)c(C)c1. The maximum atomic E-state index is 5.84. The van der Waals surface area contributed by atoms with Crippen LogP contribution in [0.2, 0.25) is 0 Å². The number of benzene rings is 1. The quantitative estimate of drug-likeness (QED) is 0.782. The van der Waals surface area contributed by atoms with Crippen LogP contribution >= 0.6 is 0 Å². The zero-order chi connectivity index (χ0) is 13.5. The molecule has 0 radical (unpaired) electrons. The Labute approximate surface area is 117 Å². The Bertz CT molecular complexity index is 383. The van der Waals surface area contributed by atoms with E-state index in [2.05, 4.69) is 37.4 Å². The van der Waals surface area contributed by atoms with E-state index >= 15 is 0 Å². The zero-order valence-corrected chi connectivity index (χ0v) is 12.4. The summed E-state index contributed by atoms with van der Waals surface area (Å²) < 4.78 is 5.84. The van der Waals surface area contributed by atoms with E-state index < -0.39 is 0 Å². The Balaban J connectivity index is 1.61. The van der Waals surface area contributed by atoms with Gasteiger partial charge in [-0.15, -0.1) is 0 Å². The van der Waals surface area contributed by atoms with Crippen molar-refractivity contribution in [1.82, 2.24) is 5.32 Å². The van der Waals surface area contributed by atoms with Crippen LogP contribution in [0.4, 0.5) is 0 Å². The standard InChI is InChI=1S/C17H27NO/c1-14-9-10-17(15(2)13-14)19-12-6-11-18-16-7-4-3-5-8-16/h9-10,13,16,18H,3-8,11-12H2,1-2H3. The second kappa shape index (κ2) is 7.54. The molecule has 0 aliphatic heterocycles. The molecule has 2 heteroatoms. The van der Waals surface area contributed by atoms with E-state index in [1.165, 1.54) is 43.2 Å². The van der Waals surface area contributed by atoms with Gasteiger partial charge in [0.15, 0.2) is 0 Å². The lowest BCUT2D eigenvalue weighted by molar-refractivity contribution is 0.295. The summed E-state index contributed by atoms with van der Waals surface area (Å²) in [6, 6.07) is 7.13. The highest BCUT2D eigenvalue weighted by Gasteiger charge is 2.11. The lowest BCUT2D eigenvalue weighted by Crippen LogP contribution is -2.32. The molecule has 1 aromatic rings. The van der Waals surface area contributed by atoms with Crippen LogP contribution in [-0.2, 0) is 0 Å². The molecule has 1 fully saturated rings. The van der Waals surface area contributed by atoms with Crippen molar-refractivity contribution in [3.05, 3.63) is 29.3 Å². The van der Waals surface area contributed by atoms with E-state index in [4.69, 9.17) is 4.74 Å². The van der Waals surface area contributed by atoms with Gasteiger partial charge in [-0.3, -0.25) is 0 Å². The van der Waals surface area contributed by atoms with E-state index in [0.29, 0.717) is 0 Å². The number of hydrogen-bond donors (Lipinski definition) is 1. The van der Waals surface area contributed by atoms with E-state index in [9.17, 15) is 0 Å². The van der Waals surface area contributed by atoms with Crippen molar-refractivity contribution in [3.8, 4) is 5.75 Å². The summed E-state index contributed by atoms with van der Waals surface area (Å²) in [7, 11) is 0. The molecule has 0 bridgehead atoms. The third-order valence-corrected chi connectivity index (χ3v) is 3.95. The molecule has 0 atom stereocenters. The smallest absolute Gasteiger partial charge is 0.122 e. The molecule has 0 amide bonds. The van der Waals surface area contributed by atoms with Gasteiger partial charge >= 0.3 is 0 Å². The average Bonchev–Trinajstić information content (AvgIpc) is 2.42. The Morgan fingerprint density at radius 2 is 1.95 bits per heavy atom. The van der Waals surface area contributed by atoms with Crippen LogP contribution in [0.15, 0.2) is 18.2 Å². The molecular formula is C17H27NO. The van der Waals surface area contributed by atoms with Crippen LogP contribution in [0.5, 0.6) is 5.75 Å². The second-order valence-electron chi connectivity index (χ2n) is 5.76. The van der Waals surface area contributed by atoms with Crippen molar-refractivity contribution in [2.45, 2.75) is 58.4 Å². The average molecular weight is 261 g/mol. The molecule has 1 aliphatic rings. The van der Waals surface area contributed by atoms with Gasteiger partial charge in [0.2, 0.25) is 0 Å². The maximum absolute atomic E-state index is 5.84. The lowest BCUT2D eigenvalue weighted by atomic mass is 9.95. The van der Waals surface area contributed by atoms with E-state index in [0.717, 1.165) is 31.4 Å². The molecule has 0 unspecified atom stereocenters. The summed E-state index contributed by atoms with van der Waals surface area (Å²) in [6.45, 7) is 6.12. The molecule has 2 rings (SSSR count). The van der Waals surface area contributed by atoms with Crippen LogP contribution in [0.3, 0.4) is 0 Å². The summed E-state index contributed by atoms with van der Waals surface area (Å²) >= 11 is 0. The fourth-order valence-electron chi connectivity index (χ4n) is 2.83. The van der Waals surface area contributed by atoms with Gasteiger partial charge in [-0.25, -0.2) is 0 Å². The monoisotopic (exact) mass is 261 g/mol. The fraction of sp³-hybridized carbons (Fsp3) is 0.647. The van der Waals surface area contributed by atoms with Gasteiger partial charge < -0.3 is 10.1 Å². The highest BCUT2D eigenvalue weighted by molar-refractivity contribution is 5.35. The van der Waals surface area contributed by atoms with E-state index in [1.54, 1.807) is 0 Å². The number of rotatable bonds is 6. The zero-order valence-electron chi connectivity index (χ0n) is 12.4. The van der Waals surface area contributed by atoms with Gasteiger partial charge in [-0.1, -0.05) is 37.0 Å². The molecule has 1 aliphatic carbocycles. The molecule has 0 saturated heterocycles. The molecule has 0 heterocycles. The molecule has 106 valence electrons. The normalized spacial score (nSPS) is 16.5. The third-order valence-electron chi connectivity index (χ3n) is 3.95. The largest absolute Gasteiger partial charge is 0.493 e. The van der Waals surface area contributed by atoms with Gasteiger partial charge in [0, 0.05) is 6.04 Å². The Morgan fingerprint density at radius 1 is 1.16 bits per heavy atom. The van der Waals surface area contributed by atoms with Crippen LogP contribution in [0, 0.1) is 13.8 Å². The van der Waals surface area contributed by atoms with Crippen molar-refractivity contribution in [3.63, 3.8) is 0 Å². The molecule has 0 aromatic heterocycles. The number of nitrogens with one attached hydrogen (secondary N) is 1. The Morgan fingerprint density at radius 3 is 2.68 bits per heavy atom. The summed E-state index contributed by atoms with van der Waals surface area (Å²) in [5, 5.41) is 3.65. The fourth-order valence-corrected chi connectivity index (χ4v) is 2.83. The molecule has 1 aromatic carbocycles. The summed E-state index contributed by atoms with van der Waals surface area (Å²) in [4.78, 5) is 0. The maximum Gasteiger partial charge on any atom is 0.122 e. The second-order valence-corrected chi connectivity index (χ2v) is 5.76. The van der Waals surface area contributed by atoms with Crippen LogP contribution < -0.4 is 10.1 Å². The van der Waals surface area contributed by atoms with E-state index in [-0.39, 0.29) is 0 Å². The van der Waals surface area contributed by atoms with Crippen molar-refractivity contribution in [1.29, 1.82) is 0 Å². The van der Waals surface area contributed by atoms with Gasteiger partial charge in [0.05, 0.1) is 6.61 Å². The molecular weight excluding hydrogens is 234 g/mol. The molecule has 19 heavy (non-hydrogen) atoms. The van der Waals surface area contributed by atoms with Crippen LogP contribution in [0.25, 0.3) is 0 Å². The summed E-state index contributed by atoms with van der Waals surface area (Å²) in [5.74, 6) is 1.03. The minimum absolute atomic E-state index is 0.759. The van der Waals surface area contributed by atoms with Crippen molar-refractivity contribution < 1.29 is 4.74 Å². The number of ether oxygens (including phenoxy) is 1. The first kappa shape index (κ1) is 14.4. The van der Waals surface area contributed by atoms with E-state index in [1.807, 2.05) is 0 Å². The van der Waals surface area contributed by atoms with Gasteiger partial charge in [0.1, 0.15) is 5.75 Å². The first-order valence-corrected chi connectivity index (χ1v) is 7.69. The van der Waals surface area contributed by atoms with Crippen LogP contribution in [-0.4, -0.2) is 19.2 Å². The molecule has 1 saturated carbocycles. The lowest BCUT2D eigenvalue weighted by Gasteiger charge is -2.22. The van der Waals surface area contributed by atoms with Gasteiger partial charge in [0.25, 0.3) is 0 Å². The number of aryl methyl sites for hydroxylation is 2. The van der Waals surface area contributed by atoms with Gasteiger partial charge in [-0.05, 0) is 51.3 Å². The van der Waals surface area contributed by atoms with Crippen molar-refractivity contribution in [2.24, 2.45) is 0 Å². The Kier molecular flexibility index (Phi) is 5.71. The minimum atomic E-state index is 0.759. The minimum Gasteiger partial charge on any atom is -0.493 e. The highest BCUT2D eigenvalue weighted by atomic mass is 16.5. The predicted octanol–water partition coefficient (Wildman–Crippen LogP) is 3.99. The first-order valence-electron chi connectivity index (χ1n) is 7.69.